The molecule has 1 aromatic rings. The van der Waals surface area contributed by atoms with Gasteiger partial charge >= 0.3 is 0 Å². The van der Waals surface area contributed by atoms with Crippen LogP contribution in [0.1, 0.15) is 11.5 Å². The van der Waals surface area contributed by atoms with E-state index in [-0.39, 0.29) is 24.3 Å². The van der Waals surface area contributed by atoms with Gasteiger partial charge in [0, 0.05) is 24.7 Å². The lowest BCUT2D eigenvalue weighted by Gasteiger charge is -1.99. The Labute approximate surface area is 93.8 Å². The molecule has 88 valence electrons. The number of hydrogen-bond donors (Lipinski definition) is 1. The summed E-state index contributed by atoms with van der Waals surface area (Å²) in [4.78, 5) is 0. The van der Waals surface area contributed by atoms with Crippen molar-refractivity contribution in [2.45, 2.75) is 11.2 Å². The van der Waals surface area contributed by atoms with Gasteiger partial charge in [0.1, 0.15) is 5.82 Å². The van der Waals surface area contributed by atoms with Crippen molar-refractivity contribution in [3.63, 3.8) is 0 Å². The average Bonchev–Trinajstić information content (AvgIpc) is 2.91. The molecule has 0 amide bonds. The summed E-state index contributed by atoms with van der Waals surface area (Å²) in [7, 11) is -3.18. The summed E-state index contributed by atoms with van der Waals surface area (Å²) in [6.07, 6.45) is 1.15. The number of benzene rings is 1. The predicted molar refractivity (Wildman–Crippen MR) is 58.3 cm³/mol. The fraction of sp³-hybridized carbons (Fsp3) is 0.455. The van der Waals surface area contributed by atoms with Gasteiger partial charge in [-0.3, -0.25) is 0 Å². The van der Waals surface area contributed by atoms with Crippen molar-refractivity contribution in [3.05, 3.63) is 35.6 Å². The van der Waals surface area contributed by atoms with Crippen LogP contribution in [0.5, 0.6) is 0 Å². The van der Waals surface area contributed by atoms with E-state index in [0.29, 0.717) is 5.56 Å². The van der Waals surface area contributed by atoms with Crippen molar-refractivity contribution >= 4 is 9.84 Å². The first-order chi connectivity index (χ1) is 7.45. The van der Waals surface area contributed by atoms with E-state index < -0.39 is 15.1 Å². The minimum Gasteiger partial charge on any atom is -0.396 e. The van der Waals surface area contributed by atoms with E-state index >= 15 is 0 Å². The molecule has 0 aromatic heterocycles. The molecule has 0 saturated heterocycles. The lowest BCUT2D eigenvalue weighted by molar-refractivity contribution is 0.274. The van der Waals surface area contributed by atoms with E-state index in [0.717, 1.165) is 6.26 Å². The third kappa shape index (κ3) is 1.97. The summed E-state index contributed by atoms with van der Waals surface area (Å²) in [5.41, 5.74) is 0.648. The molecule has 0 radical (unpaired) electrons. The fourth-order valence-electron chi connectivity index (χ4n) is 2.29. The zero-order chi connectivity index (χ0) is 11.9. The molecule has 3 atom stereocenters. The van der Waals surface area contributed by atoms with Gasteiger partial charge < -0.3 is 5.11 Å². The van der Waals surface area contributed by atoms with Gasteiger partial charge in [0.15, 0.2) is 9.84 Å². The molecule has 0 bridgehead atoms. The van der Waals surface area contributed by atoms with Gasteiger partial charge in [-0.05, 0) is 17.7 Å². The highest BCUT2D eigenvalue weighted by Crippen LogP contribution is 2.51. The van der Waals surface area contributed by atoms with Crippen LogP contribution in [-0.4, -0.2) is 31.6 Å². The van der Waals surface area contributed by atoms with E-state index in [2.05, 4.69) is 0 Å². The second-order valence-corrected chi connectivity index (χ2v) is 6.42. The van der Waals surface area contributed by atoms with Gasteiger partial charge in [-0.2, -0.15) is 0 Å². The minimum absolute atomic E-state index is 0.182. The quantitative estimate of drug-likeness (QED) is 0.861. The number of aliphatic hydroxyl groups is 1. The molecule has 1 N–H and O–H groups in total. The first-order valence-electron chi connectivity index (χ1n) is 5.00. The Morgan fingerprint density at radius 3 is 2.56 bits per heavy atom. The molecule has 1 aromatic carbocycles. The molecule has 16 heavy (non-hydrogen) atoms. The SMILES string of the molecule is CS(=O)(=O)[C@H]1[C@H](CO)[C@@H]1c1cccc(F)c1. The number of sulfone groups is 1. The molecule has 1 aliphatic rings. The van der Waals surface area contributed by atoms with Crippen molar-refractivity contribution in [2.75, 3.05) is 12.9 Å². The molecule has 0 spiro atoms. The zero-order valence-corrected chi connectivity index (χ0v) is 9.61. The second kappa shape index (κ2) is 3.82. The van der Waals surface area contributed by atoms with Crippen molar-refractivity contribution < 1.29 is 17.9 Å². The lowest BCUT2D eigenvalue weighted by atomic mass is 10.1. The van der Waals surface area contributed by atoms with Gasteiger partial charge in [-0.25, -0.2) is 12.8 Å². The Hall–Kier alpha value is -0.940. The van der Waals surface area contributed by atoms with Gasteiger partial charge in [0.05, 0.1) is 5.25 Å². The highest BCUT2D eigenvalue weighted by molar-refractivity contribution is 7.91. The van der Waals surface area contributed by atoms with E-state index in [1.807, 2.05) is 0 Å². The summed E-state index contributed by atoms with van der Waals surface area (Å²) >= 11 is 0. The van der Waals surface area contributed by atoms with Gasteiger partial charge in [0.2, 0.25) is 0 Å². The number of hydrogen-bond acceptors (Lipinski definition) is 3. The van der Waals surface area contributed by atoms with Crippen LogP contribution in [0.2, 0.25) is 0 Å². The smallest absolute Gasteiger partial charge is 0.151 e. The van der Waals surface area contributed by atoms with E-state index in [9.17, 15) is 12.8 Å². The Balaban J connectivity index is 2.30. The fourth-order valence-corrected chi connectivity index (χ4v) is 3.99. The standard InChI is InChI=1S/C11H13FO3S/c1-16(14,15)11-9(6-13)10(11)7-3-2-4-8(12)5-7/h2-5,9-11,13H,6H2,1H3/t9-,10+,11+/m1/s1. The van der Waals surface area contributed by atoms with Crippen LogP contribution in [-0.2, 0) is 9.84 Å². The largest absolute Gasteiger partial charge is 0.396 e. The predicted octanol–water partition coefficient (Wildman–Crippen LogP) is 0.945. The van der Waals surface area contributed by atoms with Crippen LogP contribution >= 0.6 is 0 Å². The molecule has 2 rings (SSSR count). The maximum atomic E-state index is 13.0. The molecule has 0 heterocycles. The zero-order valence-electron chi connectivity index (χ0n) is 8.80. The maximum Gasteiger partial charge on any atom is 0.151 e. The summed E-state index contributed by atoms with van der Waals surface area (Å²) in [6, 6.07) is 5.89. The molecule has 0 aliphatic heterocycles. The molecular formula is C11H13FO3S. The molecule has 1 aliphatic carbocycles. The van der Waals surface area contributed by atoms with Crippen LogP contribution in [0.4, 0.5) is 4.39 Å². The Morgan fingerprint density at radius 2 is 2.12 bits per heavy atom. The summed E-state index contributed by atoms with van der Waals surface area (Å²) in [6.45, 7) is -0.182. The molecular weight excluding hydrogens is 231 g/mol. The van der Waals surface area contributed by atoms with Gasteiger partial charge in [-0.15, -0.1) is 0 Å². The van der Waals surface area contributed by atoms with E-state index in [1.165, 1.54) is 12.1 Å². The summed E-state index contributed by atoms with van der Waals surface area (Å²) in [5, 5.41) is 8.51. The van der Waals surface area contributed by atoms with Gasteiger partial charge in [-0.1, -0.05) is 12.1 Å². The highest BCUT2D eigenvalue weighted by Gasteiger charge is 2.56. The van der Waals surface area contributed by atoms with Crippen LogP contribution in [0.15, 0.2) is 24.3 Å². The van der Waals surface area contributed by atoms with Crippen LogP contribution in [0.25, 0.3) is 0 Å². The van der Waals surface area contributed by atoms with Crippen molar-refractivity contribution in [3.8, 4) is 0 Å². The topological polar surface area (TPSA) is 54.4 Å². The van der Waals surface area contributed by atoms with Crippen LogP contribution in [0, 0.1) is 11.7 Å². The monoisotopic (exact) mass is 244 g/mol. The summed E-state index contributed by atoms with van der Waals surface area (Å²) < 4.78 is 35.9. The number of rotatable bonds is 3. The number of halogens is 1. The third-order valence-corrected chi connectivity index (χ3v) is 4.67. The average molecular weight is 244 g/mol. The van der Waals surface area contributed by atoms with Crippen molar-refractivity contribution in [1.29, 1.82) is 0 Å². The third-order valence-electron chi connectivity index (χ3n) is 3.04. The first kappa shape index (κ1) is 11.5. The van der Waals surface area contributed by atoms with Crippen molar-refractivity contribution in [2.24, 2.45) is 5.92 Å². The Kier molecular flexibility index (Phi) is 2.75. The molecule has 3 nitrogen and oxygen atoms in total. The Morgan fingerprint density at radius 1 is 1.44 bits per heavy atom. The number of aliphatic hydroxyl groups excluding tert-OH is 1. The lowest BCUT2D eigenvalue weighted by Crippen LogP contribution is -2.08. The normalized spacial score (nSPS) is 29.1. The molecule has 1 saturated carbocycles. The van der Waals surface area contributed by atoms with Crippen LogP contribution < -0.4 is 0 Å². The van der Waals surface area contributed by atoms with E-state index in [4.69, 9.17) is 5.11 Å². The molecule has 1 fully saturated rings. The second-order valence-electron chi connectivity index (χ2n) is 4.22. The van der Waals surface area contributed by atoms with Gasteiger partial charge in [0.25, 0.3) is 0 Å². The molecule has 0 unspecified atom stereocenters. The minimum atomic E-state index is -3.18. The van der Waals surface area contributed by atoms with E-state index in [1.54, 1.807) is 12.1 Å². The first-order valence-corrected chi connectivity index (χ1v) is 6.96. The highest BCUT2D eigenvalue weighted by atomic mass is 32.2. The van der Waals surface area contributed by atoms with Crippen LogP contribution in [0.3, 0.4) is 0 Å². The molecule has 5 heteroatoms. The summed E-state index contributed by atoms with van der Waals surface area (Å²) in [5.74, 6) is -0.944. The Bertz CT molecular complexity index is 498. The van der Waals surface area contributed by atoms with Crippen molar-refractivity contribution in [1.82, 2.24) is 0 Å². The maximum absolute atomic E-state index is 13.0.